The van der Waals surface area contributed by atoms with Crippen molar-refractivity contribution in [3.63, 3.8) is 0 Å². The maximum Gasteiger partial charge on any atom is 0.147 e. The van der Waals surface area contributed by atoms with Crippen molar-refractivity contribution >= 4 is 5.82 Å². The zero-order valence-electron chi connectivity index (χ0n) is 11.6. The molecule has 17 heavy (non-hydrogen) atoms. The molecule has 0 saturated heterocycles. The molecule has 0 spiro atoms. The Labute approximate surface area is 104 Å². The van der Waals surface area contributed by atoms with Gasteiger partial charge in [0.05, 0.1) is 17.6 Å². The summed E-state index contributed by atoms with van der Waals surface area (Å²) < 4.78 is 0. The van der Waals surface area contributed by atoms with Crippen molar-refractivity contribution in [3.8, 4) is 0 Å². The monoisotopic (exact) mass is 236 g/mol. The molecule has 0 aliphatic carbocycles. The summed E-state index contributed by atoms with van der Waals surface area (Å²) in [6, 6.07) is 0. The summed E-state index contributed by atoms with van der Waals surface area (Å²) >= 11 is 0. The summed E-state index contributed by atoms with van der Waals surface area (Å²) in [5, 5.41) is 0. The summed E-state index contributed by atoms with van der Waals surface area (Å²) in [5.41, 5.74) is 7.85. The number of hydrogen-bond acceptors (Lipinski definition) is 4. The highest BCUT2D eigenvalue weighted by molar-refractivity contribution is 5.37. The highest BCUT2D eigenvalue weighted by Crippen LogP contribution is 2.19. The Morgan fingerprint density at radius 2 is 1.94 bits per heavy atom. The highest BCUT2D eigenvalue weighted by Gasteiger charge is 2.20. The van der Waals surface area contributed by atoms with E-state index < -0.39 is 0 Å². The van der Waals surface area contributed by atoms with Gasteiger partial charge in [0.25, 0.3) is 0 Å². The standard InChI is InChI=1S/C13H24N4/c1-6-17(9-13(4,5)8-14)12-7-15-10(2)11(3)16-12/h7H,6,8-9,14H2,1-5H3. The van der Waals surface area contributed by atoms with Crippen molar-refractivity contribution in [2.24, 2.45) is 11.1 Å². The molecule has 4 nitrogen and oxygen atoms in total. The number of nitrogens with two attached hydrogens (primary N) is 1. The number of aromatic nitrogens is 2. The number of aryl methyl sites for hydroxylation is 2. The molecular formula is C13H24N4. The zero-order valence-corrected chi connectivity index (χ0v) is 11.6. The molecule has 1 rings (SSSR count). The quantitative estimate of drug-likeness (QED) is 0.848. The summed E-state index contributed by atoms with van der Waals surface area (Å²) in [4.78, 5) is 11.2. The molecule has 1 heterocycles. The third-order valence-electron chi connectivity index (χ3n) is 3.06. The van der Waals surface area contributed by atoms with E-state index in [4.69, 9.17) is 5.73 Å². The van der Waals surface area contributed by atoms with Crippen LogP contribution >= 0.6 is 0 Å². The van der Waals surface area contributed by atoms with E-state index in [0.717, 1.165) is 30.3 Å². The fourth-order valence-electron chi connectivity index (χ4n) is 1.62. The highest BCUT2D eigenvalue weighted by atomic mass is 15.2. The first kappa shape index (κ1) is 13.9. The maximum absolute atomic E-state index is 5.78. The van der Waals surface area contributed by atoms with Crippen LogP contribution < -0.4 is 10.6 Å². The summed E-state index contributed by atoms with van der Waals surface area (Å²) in [7, 11) is 0. The topological polar surface area (TPSA) is 55.0 Å². The largest absolute Gasteiger partial charge is 0.355 e. The molecule has 0 aromatic carbocycles. The predicted octanol–water partition coefficient (Wildman–Crippen LogP) is 1.90. The molecule has 0 fully saturated rings. The van der Waals surface area contributed by atoms with E-state index in [-0.39, 0.29) is 5.41 Å². The molecule has 0 atom stereocenters. The normalized spacial score (nSPS) is 11.6. The zero-order chi connectivity index (χ0) is 13.1. The lowest BCUT2D eigenvalue weighted by molar-refractivity contribution is 0.378. The van der Waals surface area contributed by atoms with E-state index in [2.05, 4.69) is 35.6 Å². The van der Waals surface area contributed by atoms with Crippen LogP contribution in [-0.4, -0.2) is 29.6 Å². The Hall–Kier alpha value is -1.16. The second kappa shape index (κ2) is 5.45. The first-order chi connectivity index (χ1) is 7.89. The van der Waals surface area contributed by atoms with Crippen molar-refractivity contribution in [1.29, 1.82) is 0 Å². The Morgan fingerprint density at radius 3 is 2.41 bits per heavy atom. The Bertz CT molecular complexity index is 374. The molecule has 0 radical (unpaired) electrons. The molecule has 4 heteroatoms. The molecular weight excluding hydrogens is 212 g/mol. The van der Waals surface area contributed by atoms with Crippen molar-refractivity contribution < 1.29 is 0 Å². The van der Waals surface area contributed by atoms with Gasteiger partial charge in [-0.15, -0.1) is 0 Å². The van der Waals surface area contributed by atoms with Crippen LogP contribution in [0.2, 0.25) is 0 Å². The van der Waals surface area contributed by atoms with Gasteiger partial charge in [0.1, 0.15) is 5.82 Å². The van der Waals surface area contributed by atoms with Crippen LogP contribution in [0.25, 0.3) is 0 Å². The van der Waals surface area contributed by atoms with Crippen molar-refractivity contribution in [3.05, 3.63) is 17.6 Å². The third kappa shape index (κ3) is 3.66. The minimum Gasteiger partial charge on any atom is -0.355 e. The van der Waals surface area contributed by atoms with E-state index in [1.165, 1.54) is 0 Å². The second-order valence-electron chi connectivity index (χ2n) is 5.28. The van der Waals surface area contributed by atoms with Gasteiger partial charge >= 0.3 is 0 Å². The van der Waals surface area contributed by atoms with Crippen LogP contribution in [0.1, 0.15) is 32.2 Å². The van der Waals surface area contributed by atoms with Crippen LogP contribution in [0.4, 0.5) is 5.82 Å². The summed E-state index contributed by atoms with van der Waals surface area (Å²) in [5.74, 6) is 0.942. The lowest BCUT2D eigenvalue weighted by atomic mass is 9.93. The van der Waals surface area contributed by atoms with E-state index in [1.807, 2.05) is 20.0 Å². The molecule has 1 aromatic rings. The summed E-state index contributed by atoms with van der Waals surface area (Å²) in [6.07, 6.45) is 1.85. The van der Waals surface area contributed by atoms with Gasteiger partial charge in [0.2, 0.25) is 0 Å². The summed E-state index contributed by atoms with van der Waals surface area (Å²) in [6.45, 7) is 12.9. The second-order valence-corrected chi connectivity index (χ2v) is 5.28. The van der Waals surface area contributed by atoms with Gasteiger partial charge in [-0.2, -0.15) is 0 Å². The molecule has 0 bridgehead atoms. The van der Waals surface area contributed by atoms with Crippen LogP contribution in [0.15, 0.2) is 6.20 Å². The van der Waals surface area contributed by atoms with Crippen LogP contribution in [-0.2, 0) is 0 Å². The molecule has 96 valence electrons. The lowest BCUT2D eigenvalue weighted by Gasteiger charge is -2.31. The molecule has 0 saturated carbocycles. The Balaban J connectivity index is 2.90. The fraction of sp³-hybridized carbons (Fsp3) is 0.692. The molecule has 0 amide bonds. The molecule has 2 N–H and O–H groups in total. The maximum atomic E-state index is 5.78. The molecule has 1 aromatic heterocycles. The van der Waals surface area contributed by atoms with Crippen molar-refractivity contribution in [2.75, 3.05) is 24.5 Å². The van der Waals surface area contributed by atoms with Gasteiger partial charge in [-0.3, -0.25) is 4.98 Å². The number of rotatable bonds is 5. The number of anilines is 1. The number of nitrogens with zero attached hydrogens (tertiary/aromatic N) is 3. The first-order valence-electron chi connectivity index (χ1n) is 6.15. The van der Waals surface area contributed by atoms with Gasteiger partial charge in [-0.1, -0.05) is 13.8 Å². The van der Waals surface area contributed by atoms with Gasteiger partial charge in [0, 0.05) is 13.1 Å². The van der Waals surface area contributed by atoms with Gasteiger partial charge in [-0.05, 0) is 32.7 Å². The molecule has 0 aliphatic rings. The van der Waals surface area contributed by atoms with E-state index in [0.29, 0.717) is 6.54 Å². The molecule has 0 aliphatic heterocycles. The van der Waals surface area contributed by atoms with Crippen LogP contribution in [0, 0.1) is 19.3 Å². The first-order valence-corrected chi connectivity index (χ1v) is 6.15. The Kier molecular flexibility index (Phi) is 4.46. The van der Waals surface area contributed by atoms with Crippen molar-refractivity contribution in [2.45, 2.75) is 34.6 Å². The SMILES string of the molecule is CCN(CC(C)(C)CN)c1cnc(C)c(C)n1. The van der Waals surface area contributed by atoms with Crippen LogP contribution in [0.3, 0.4) is 0 Å². The minimum absolute atomic E-state index is 0.0937. The van der Waals surface area contributed by atoms with Gasteiger partial charge in [0.15, 0.2) is 0 Å². The van der Waals surface area contributed by atoms with E-state index >= 15 is 0 Å². The average molecular weight is 236 g/mol. The fourth-order valence-corrected chi connectivity index (χ4v) is 1.62. The van der Waals surface area contributed by atoms with Gasteiger partial charge < -0.3 is 10.6 Å². The molecule has 0 unspecified atom stereocenters. The number of hydrogen-bond donors (Lipinski definition) is 1. The van der Waals surface area contributed by atoms with Crippen molar-refractivity contribution in [1.82, 2.24) is 9.97 Å². The van der Waals surface area contributed by atoms with Gasteiger partial charge in [-0.25, -0.2) is 4.98 Å². The lowest BCUT2D eigenvalue weighted by Crippen LogP contribution is -2.39. The Morgan fingerprint density at radius 1 is 1.29 bits per heavy atom. The van der Waals surface area contributed by atoms with E-state index in [9.17, 15) is 0 Å². The van der Waals surface area contributed by atoms with E-state index in [1.54, 1.807) is 0 Å². The third-order valence-corrected chi connectivity index (χ3v) is 3.06. The smallest absolute Gasteiger partial charge is 0.147 e. The van der Waals surface area contributed by atoms with Crippen LogP contribution in [0.5, 0.6) is 0 Å². The average Bonchev–Trinajstić information content (AvgIpc) is 2.30. The minimum atomic E-state index is 0.0937. The predicted molar refractivity (Wildman–Crippen MR) is 72.2 cm³/mol.